The largest absolute Gasteiger partial charge is 0.465 e. The molecule has 0 heterocycles. The lowest BCUT2D eigenvalue weighted by Gasteiger charge is -2.28. The fraction of sp³-hybridized carbons (Fsp3) is 0.533. The molecule has 134 valence electrons. The summed E-state index contributed by atoms with van der Waals surface area (Å²) in [5, 5.41) is 11.0. The summed E-state index contributed by atoms with van der Waals surface area (Å²) < 4.78 is 28.9. The maximum atomic E-state index is 12.4. The molecule has 0 atom stereocenters. The van der Waals surface area contributed by atoms with Crippen molar-refractivity contribution in [2.45, 2.75) is 30.6 Å². The summed E-state index contributed by atoms with van der Waals surface area (Å²) in [6.07, 6.45) is 2.63. The second-order valence-corrected chi connectivity index (χ2v) is 9.48. The molecule has 1 amide bonds. The summed E-state index contributed by atoms with van der Waals surface area (Å²) in [7, 11) is -3.52. The van der Waals surface area contributed by atoms with Crippen molar-refractivity contribution in [2.24, 2.45) is 11.8 Å². The van der Waals surface area contributed by atoms with Crippen molar-refractivity contribution < 1.29 is 18.3 Å². The van der Waals surface area contributed by atoms with Gasteiger partial charge in [0, 0.05) is 22.0 Å². The van der Waals surface area contributed by atoms with E-state index in [2.05, 4.69) is 41.9 Å². The molecular formula is C15H20Br2N2O4S. The minimum atomic E-state index is -3.52. The summed E-state index contributed by atoms with van der Waals surface area (Å²) in [6, 6.07) is 4.83. The molecule has 0 radical (unpaired) electrons. The highest BCUT2D eigenvalue weighted by Crippen LogP contribution is 2.29. The quantitative estimate of drug-likeness (QED) is 0.576. The fourth-order valence-corrected chi connectivity index (χ4v) is 4.75. The second-order valence-electron chi connectivity index (χ2n) is 6.00. The summed E-state index contributed by atoms with van der Waals surface area (Å²) in [5.74, 6) is 0.635. The van der Waals surface area contributed by atoms with Crippen LogP contribution in [0, 0.1) is 11.8 Å². The van der Waals surface area contributed by atoms with Gasteiger partial charge in [-0.25, -0.2) is 17.9 Å². The van der Waals surface area contributed by atoms with E-state index >= 15 is 0 Å². The van der Waals surface area contributed by atoms with Gasteiger partial charge in [0.05, 0.1) is 4.90 Å². The summed E-state index contributed by atoms with van der Waals surface area (Å²) in [5.41, 5.74) is 0. The molecule has 1 fully saturated rings. The smallest absolute Gasteiger partial charge is 0.404 e. The monoisotopic (exact) mass is 482 g/mol. The Bertz CT molecular complexity index is 689. The maximum absolute atomic E-state index is 12.4. The third-order valence-corrected chi connectivity index (χ3v) is 7.57. The number of sulfonamides is 1. The molecule has 3 N–H and O–H groups in total. The van der Waals surface area contributed by atoms with Crippen molar-refractivity contribution in [1.29, 1.82) is 0 Å². The second kappa shape index (κ2) is 8.64. The van der Waals surface area contributed by atoms with E-state index in [1.165, 1.54) is 0 Å². The van der Waals surface area contributed by atoms with Gasteiger partial charge in [0.1, 0.15) is 0 Å². The first kappa shape index (κ1) is 19.7. The lowest BCUT2D eigenvalue weighted by molar-refractivity contribution is 0.188. The van der Waals surface area contributed by atoms with Crippen LogP contribution in [0.2, 0.25) is 0 Å². The molecule has 1 aromatic rings. The molecule has 0 unspecified atom stereocenters. The summed E-state index contributed by atoms with van der Waals surface area (Å²) in [4.78, 5) is 10.7. The third-order valence-electron chi connectivity index (χ3n) is 4.27. The zero-order valence-electron chi connectivity index (χ0n) is 13.0. The van der Waals surface area contributed by atoms with Crippen molar-refractivity contribution in [3.8, 4) is 0 Å². The predicted molar refractivity (Wildman–Crippen MR) is 98.5 cm³/mol. The third kappa shape index (κ3) is 5.72. The van der Waals surface area contributed by atoms with E-state index in [1.807, 2.05) is 0 Å². The number of carbonyl (C=O) groups is 1. The Balaban J connectivity index is 1.83. The highest BCUT2D eigenvalue weighted by atomic mass is 79.9. The Morgan fingerprint density at radius 1 is 1.08 bits per heavy atom. The van der Waals surface area contributed by atoms with E-state index in [9.17, 15) is 13.2 Å². The van der Waals surface area contributed by atoms with E-state index in [0.29, 0.717) is 29.4 Å². The van der Waals surface area contributed by atoms with Crippen LogP contribution in [0.3, 0.4) is 0 Å². The van der Waals surface area contributed by atoms with Crippen LogP contribution in [0.1, 0.15) is 25.7 Å². The molecule has 2 rings (SSSR count). The van der Waals surface area contributed by atoms with Gasteiger partial charge in [-0.15, -0.1) is 0 Å². The molecule has 1 aliphatic carbocycles. The molecule has 0 saturated heterocycles. The lowest BCUT2D eigenvalue weighted by atomic mass is 9.82. The SMILES string of the molecule is O=C(O)NCC1CCC(CNS(=O)(=O)c2ccc(Br)c(Br)c2)CC1. The molecule has 24 heavy (non-hydrogen) atoms. The van der Waals surface area contributed by atoms with Crippen LogP contribution < -0.4 is 10.0 Å². The molecule has 0 aliphatic heterocycles. The standard InChI is InChI=1S/C15H20Br2N2O4S/c16-13-6-5-12(7-14(13)17)24(22,23)19-9-11-3-1-10(2-4-11)8-18-15(20)21/h5-7,10-11,18-19H,1-4,8-9H2,(H,20,21). The highest BCUT2D eigenvalue weighted by Gasteiger charge is 2.23. The van der Waals surface area contributed by atoms with Crippen molar-refractivity contribution >= 4 is 48.0 Å². The van der Waals surface area contributed by atoms with Gasteiger partial charge in [-0.3, -0.25) is 0 Å². The molecule has 1 saturated carbocycles. The molecule has 9 heteroatoms. The number of hydrogen-bond donors (Lipinski definition) is 3. The van der Waals surface area contributed by atoms with E-state index in [0.717, 1.165) is 30.2 Å². The van der Waals surface area contributed by atoms with Crippen LogP contribution >= 0.6 is 31.9 Å². The van der Waals surface area contributed by atoms with Crippen LogP contribution in [0.25, 0.3) is 0 Å². The van der Waals surface area contributed by atoms with Crippen LogP contribution in [-0.4, -0.2) is 32.7 Å². The van der Waals surface area contributed by atoms with Gasteiger partial charge in [-0.1, -0.05) is 0 Å². The normalized spacial score (nSPS) is 21.4. The van der Waals surface area contributed by atoms with Gasteiger partial charge in [0.2, 0.25) is 10.0 Å². The average Bonchev–Trinajstić information content (AvgIpc) is 2.54. The molecule has 0 aromatic heterocycles. The maximum Gasteiger partial charge on any atom is 0.404 e. The first-order valence-electron chi connectivity index (χ1n) is 7.69. The Morgan fingerprint density at radius 3 is 2.21 bits per heavy atom. The van der Waals surface area contributed by atoms with Gasteiger partial charge in [0.25, 0.3) is 0 Å². The molecule has 1 aromatic carbocycles. The van der Waals surface area contributed by atoms with E-state index in [4.69, 9.17) is 5.11 Å². The molecular weight excluding hydrogens is 464 g/mol. The predicted octanol–water partition coefficient (Wildman–Crippen LogP) is 3.56. The highest BCUT2D eigenvalue weighted by molar-refractivity contribution is 9.13. The van der Waals surface area contributed by atoms with Gasteiger partial charge in [-0.2, -0.15) is 0 Å². The first-order chi connectivity index (χ1) is 11.3. The molecule has 1 aliphatic rings. The van der Waals surface area contributed by atoms with Crippen LogP contribution in [0.5, 0.6) is 0 Å². The van der Waals surface area contributed by atoms with Crippen molar-refractivity contribution in [2.75, 3.05) is 13.1 Å². The minimum absolute atomic E-state index is 0.233. The number of carboxylic acid groups (broad SMARTS) is 1. The van der Waals surface area contributed by atoms with Crippen LogP contribution in [-0.2, 0) is 10.0 Å². The topological polar surface area (TPSA) is 95.5 Å². The lowest BCUT2D eigenvalue weighted by Crippen LogP contribution is -2.34. The number of hydrogen-bond acceptors (Lipinski definition) is 3. The molecule has 0 spiro atoms. The number of amides is 1. The Kier molecular flexibility index (Phi) is 7.09. The van der Waals surface area contributed by atoms with Gasteiger partial charge in [0.15, 0.2) is 0 Å². The van der Waals surface area contributed by atoms with Gasteiger partial charge >= 0.3 is 6.09 Å². The Hall–Kier alpha value is -0.640. The van der Waals surface area contributed by atoms with Crippen molar-refractivity contribution in [3.63, 3.8) is 0 Å². The van der Waals surface area contributed by atoms with Crippen LogP contribution in [0.4, 0.5) is 4.79 Å². The first-order valence-corrected chi connectivity index (χ1v) is 10.8. The number of nitrogens with one attached hydrogen (secondary N) is 2. The van der Waals surface area contributed by atoms with E-state index < -0.39 is 16.1 Å². The zero-order chi connectivity index (χ0) is 17.7. The number of benzene rings is 1. The van der Waals surface area contributed by atoms with Crippen LogP contribution in [0.15, 0.2) is 32.0 Å². The minimum Gasteiger partial charge on any atom is -0.465 e. The zero-order valence-corrected chi connectivity index (χ0v) is 17.0. The summed E-state index contributed by atoms with van der Waals surface area (Å²) >= 11 is 6.63. The Morgan fingerprint density at radius 2 is 1.67 bits per heavy atom. The summed E-state index contributed by atoms with van der Waals surface area (Å²) in [6.45, 7) is 0.885. The van der Waals surface area contributed by atoms with Gasteiger partial charge < -0.3 is 10.4 Å². The Labute approximate surface area is 158 Å². The van der Waals surface area contributed by atoms with Crippen molar-refractivity contribution in [3.05, 3.63) is 27.1 Å². The number of rotatable bonds is 6. The molecule has 0 bridgehead atoms. The van der Waals surface area contributed by atoms with Gasteiger partial charge in [-0.05, 0) is 87.6 Å². The molecule has 6 nitrogen and oxygen atoms in total. The van der Waals surface area contributed by atoms with E-state index in [1.54, 1.807) is 18.2 Å². The fourth-order valence-electron chi connectivity index (χ4n) is 2.83. The van der Waals surface area contributed by atoms with Crippen molar-refractivity contribution in [1.82, 2.24) is 10.0 Å². The van der Waals surface area contributed by atoms with E-state index in [-0.39, 0.29) is 4.90 Å². The number of halogens is 2. The average molecular weight is 484 g/mol.